The topological polar surface area (TPSA) is 41.3 Å². The second-order valence-corrected chi connectivity index (χ2v) is 4.94. The third-order valence-corrected chi connectivity index (χ3v) is 3.37. The molecular weight excluding hydrogens is 198 g/mol. The van der Waals surface area contributed by atoms with Gasteiger partial charge in [0.25, 0.3) is 0 Å². The van der Waals surface area contributed by atoms with Crippen LogP contribution in [0.25, 0.3) is 0 Å². The van der Waals surface area contributed by atoms with E-state index in [0.717, 1.165) is 19.3 Å². The number of nitrogens with zero attached hydrogens (tertiary/aromatic N) is 1. The van der Waals surface area contributed by atoms with Crippen LogP contribution in [-0.2, 0) is 12.8 Å². The van der Waals surface area contributed by atoms with Gasteiger partial charge in [-0.1, -0.05) is 24.3 Å². The van der Waals surface area contributed by atoms with Crippen LogP contribution in [-0.4, -0.2) is 31.2 Å². The Hall–Kier alpha value is -0.900. The second kappa shape index (κ2) is 4.53. The fourth-order valence-corrected chi connectivity index (χ4v) is 2.59. The summed E-state index contributed by atoms with van der Waals surface area (Å²) in [5.74, 6) is 0. The van der Waals surface area contributed by atoms with Gasteiger partial charge in [0.1, 0.15) is 0 Å². The summed E-state index contributed by atoms with van der Waals surface area (Å²) >= 11 is 0. The lowest BCUT2D eigenvalue weighted by Gasteiger charge is -2.40. The van der Waals surface area contributed by atoms with Gasteiger partial charge >= 0.3 is 0 Å². The molecule has 3 heteroatoms. The second-order valence-electron chi connectivity index (χ2n) is 4.94. The van der Waals surface area contributed by atoms with E-state index in [-0.39, 0.29) is 5.54 Å². The SMILES string of the molecule is CN(C)NC1(CN)CCc2ccccc2C1. The average molecular weight is 219 g/mol. The molecule has 88 valence electrons. The number of rotatable bonds is 3. The van der Waals surface area contributed by atoms with Gasteiger partial charge in [0.05, 0.1) is 0 Å². The summed E-state index contributed by atoms with van der Waals surface area (Å²) in [6.07, 6.45) is 3.25. The van der Waals surface area contributed by atoms with Crippen molar-refractivity contribution in [2.24, 2.45) is 5.73 Å². The zero-order chi connectivity index (χ0) is 11.6. The van der Waals surface area contributed by atoms with Crippen LogP contribution in [0.3, 0.4) is 0 Å². The van der Waals surface area contributed by atoms with Crippen LogP contribution in [0, 0.1) is 0 Å². The van der Waals surface area contributed by atoms with E-state index in [1.54, 1.807) is 0 Å². The van der Waals surface area contributed by atoms with Crippen molar-refractivity contribution in [3.8, 4) is 0 Å². The molecule has 0 saturated carbocycles. The molecule has 1 atom stereocenters. The Morgan fingerprint density at radius 2 is 2.00 bits per heavy atom. The quantitative estimate of drug-likeness (QED) is 0.743. The average Bonchev–Trinajstić information content (AvgIpc) is 2.28. The van der Waals surface area contributed by atoms with E-state index in [1.165, 1.54) is 11.1 Å². The number of benzene rings is 1. The lowest BCUT2D eigenvalue weighted by molar-refractivity contribution is 0.147. The van der Waals surface area contributed by atoms with Crippen molar-refractivity contribution in [2.45, 2.75) is 24.8 Å². The van der Waals surface area contributed by atoms with Crippen LogP contribution in [0.2, 0.25) is 0 Å². The molecule has 3 nitrogen and oxygen atoms in total. The molecule has 1 aromatic rings. The Kier molecular flexibility index (Phi) is 3.28. The number of hydrogen-bond acceptors (Lipinski definition) is 3. The molecule has 0 radical (unpaired) electrons. The molecule has 16 heavy (non-hydrogen) atoms. The highest BCUT2D eigenvalue weighted by Gasteiger charge is 2.33. The van der Waals surface area contributed by atoms with Crippen LogP contribution >= 0.6 is 0 Å². The summed E-state index contributed by atoms with van der Waals surface area (Å²) in [5.41, 5.74) is 12.4. The van der Waals surface area contributed by atoms with Gasteiger partial charge in [-0.15, -0.1) is 0 Å². The summed E-state index contributed by atoms with van der Waals surface area (Å²) in [7, 11) is 4.05. The van der Waals surface area contributed by atoms with Crippen LogP contribution in [0.15, 0.2) is 24.3 Å². The molecule has 0 amide bonds. The van der Waals surface area contributed by atoms with Gasteiger partial charge in [0, 0.05) is 26.2 Å². The molecule has 0 aromatic heterocycles. The fourth-order valence-electron chi connectivity index (χ4n) is 2.59. The predicted molar refractivity (Wildman–Crippen MR) is 67.1 cm³/mol. The molecule has 1 aromatic carbocycles. The molecule has 0 spiro atoms. The van der Waals surface area contributed by atoms with Crippen LogP contribution < -0.4 is 11.2 Å². The molecule has 0 fully saturated rings. The van der Waals surface area contributed by atoms with E-state index in [9.17, 15) is 0 Å². The predicted octanol–water partition coefficient (Wildman–Crippen LogP) is 0.939. The van der Waals surface area contributed by atoms with E-state index in [0.29, 0.717) is 6.54 Å². The standard InChI is InChI=1S/C13H21N3/c1-16(2)15-13(10-14)8-7-11-5-3-4-6-12(11)9-13/h3-6,15H,7-10,14H2,1-2H3. The first-order chi connectivity index (χ1) is 7.65. The van der Waals surface area contributed by atoms with Crippen LogP contribution in [0.4, 0.5) is 0 Å². The summed E-state index contributed by atoms with van der Waals surface area (Å²) in [4.78, 5) is 0. The molecule has 0 heterocycles. The largest absolute Gasteiger partial charge is 0.329 e. The molecule has 0 bridgehead atoms. The molecule has 1 aliphatic rings. The molecule has 3 N–H and O–H groups in total. The minimum atomic E-state index is 0.0395. The van der Waals surface area contributed by atoms with Crippen molar-refractivity contribution in [2.75, 3.05) is 20.6 Å². The van der Waals surface area contributed by atoms with E-state index in [2.05, 4.69) is 29.7 Å². The normalized spacial score (nSPS) is 24.5. The lowest BCUT2D eigenvalue weighted by Crippen LogP contribution is -2.59. The van der Waals surface area contributed by atoms with Gasteiger partial charge in [-0.2, -0.15) is 0 Å². The number of nitrogens with two attached hydrogens (primary N) is 1. The van der Waals surface area contributed by atoms with Crippen molar-refractivity contribution < 1.29 is 0 Å². The highest BCUT2D eigenvalue weighted by molar-refractivity contribution is 5.32. The highest BCUT2D eigenvalue weighted by atomic mass is 15.5. The van der Waals surface area contributed by atoms with E-state index in [4.69, 9.17) is 5.73 Å². The van der Waals surface area contributed by atoms with E-state index < -0.39 is 0 Å². The number of aryl methyl sites for hydroxylation is 1. The third-order valence-electron chi connectivity index (χ3n) is 3.37. The van der Waals surface area contributed by atoms with Gasteiger partial charge in [-0.3, -0.25) is 5.01 Å². The number of nitrogens with one attached hydrogen (secondary N) is 1. The smallest absolute Gasteiger partial charge is 0.0491 e. The molecule has 1 aliphatic carbocycles. The zero-order valence-corrected chi connectivity index (χ0v) is 10.2. The van der Waals surface area contributed by atoms with Gasteiger partial charge in [-0.05, 0) is 30.4 Å². The van der Waals surface area contributed by atoms with Crippen LogP contribution in [0.5, 0.6) is 0 Å². The van der Waals surface area contributed by atoms with Gasteiger partial charge < -0.3 is 5.73 Å². The molecule has 1 unspecified atom stereocenters. The zero-order valence-electron chi connectivity index (χ0n) is 10.2. The van der Waals surface area contributed by atoms with Crippen molar-refractivity contribution in [3.05, 3.63) is 35.4 Å². The van der Waals surface area contributed by atoms with Gasteiger partial charge in [0.15, 0.2) is 0 Å². The molecular formula is C13H21N3. The Morgan fingerprint density at radius 1 is 1.31 bits per heavy atom. The molecule has 0 saturated heterocycles. The fraction of sp³-hybridized carbons (Fsp3) is 0.538. The Bertz CT molecular complexity index is 362. The minimum absolute atomic E-state index is 0.0395. The number of fused-ring (bicyclic) bond motifs is 1. The maximum atomic E-state index is 5.95. The first-order valence-corrected chi connectivity index (χ1v) is 5.87. The molecule has 2 rings (SSSR count). The summed E-state index contributed by atoms with van der Waals surface area (Å²) < 4.78 is 0. The first kappa shape index (κ1) is 11.6. The molecule has 0 aliphatic heterocycles. The summed E-state index contributed by atoms with van der Waals surface area (Å²) in [6, 6.07) is 8.68. The Balaban J connectivity index is 2.21. The monoisotopic (exact) mass is 219 g/mol. The van der Waals surface area contributed by atoms with Crippen molar-refractivity contribution in [1.82, 2.24) is 10.4 Å². The van der Waals surface area contributed by atoms with Gasteiger partial charge in [0.2, 0.25) is 0 Å². The minimum Gasteiger partial charge on any atom is -0.329 e. The first-order valence-electron chi connectivity index (χ1n) is 5.87. The summed E-state index contributed by atoms with van der Waals surface area (Å²) in [5, 5.41) is 2.01. The van der Waals surface area contributed by atoms with Gasteiger partial charge in [-0.25, -0.2) is 5.43 Å². The Labute approximate surface area is 97.6 Å². The third kappa shape index (κ3) is 2.26. The van der Waals surface area contributed by atoms with Crippen LogP contribution in [0.1, 0.15) is 17.5 Å². The number of hydrogen-bond donors (Lipinski definition) is 2. The maximum Gasteiger partial charge on any atom is 0.0491 e. The summed E-state index contributed by atoms with van der Waals surface area (Å²) in [6.45, 7) is 0.680. The lowest BCUT2D eigenvalue weighted by atomic mass is 9.78. The van der Waals surface area contributed by atoms with Crippen molar-refractivity contribution in [3.63, 3.8) is 0 Å². The van der Waals surface area contributed by atoms with E-state index >= 15 is 0 Å². The van der Waals surface area contributed by atoms with E-state index in [1.807, 2.05) is 19.1 Å². The highest BCUT2D eigenvalue weighted by Crippen LogP contribution is 2.28. The Morgan fingerprint density at radius 3 is 2.62 bits per heavy atom. The number of hydrazine groups is 1. The van der Waals surface area contributed by atoms with Crippen molar-refractivity contribution in [1.29, 1.82) is 0 Å². The van der Waals surface area contributed by atoms with Crippen molar-refractivity contribution >= 4 is 0 Å². The maximum absolute atomic E-state index is 5.95.